The van der Waals surface area contributed by atoms with Crippen LogP contribution in [-0.4, -0.2) is 31.9 Å². The Morgan fingerprint density at radius 2 is 1.95 bits per heavy atom. The first-order chi connectivity index (χ1) is 10.4. The Kier molecular flexibility index (Phi) is 6.00. The molecule has 0 N–H and O–H groups in total. The van der Waals surface area contributed by atoms with E-state index in [1.807, 2.05) is 13.8 Å². The predicted molar refractivity (Wildman–Crippen MR) is 89.5 cm³/mol. The minimum atomic E-state index is -3.65. The van der Waals surface area contributed by atoms with E-state index in [1.54, 1.807) is 4.31 Å². The summed E-state index contributed by atoms with van der Waals surface area (Å²) < 4.78 is 32.8. The zero-order valence-corrected chi connectivity index (χ0v) is 15.1. The van der Waals surface area contributed by atoms with Gasteiger partial charge in [-0.2, -0.15) is 4.31 Å². The lowest BCUT2D eigenvalue weighted by molar-refractivity contribution is 0.246. The van der Waals surface area contributed by atoms with E-state index in [0.29, 0.717) is 18.9 Å². The highest BCUT2D eigenvalue weighted by molar-refractivity contribution is 7.89. The third-order valence-corrected chi connectivity index (χ3v) is 6.63. The van der Waals surface area contributed by atoms with Crippen LogP contribution in [0.4, 0.5) is 0 Å². The molecule has 1 aromatic rings. The average molecular weight is 366 g/mol. The van der Waals surface area contributed by atoms with E-state index in [0.717, 1.165) is 25.7 Å². The molecular formula is C15H21Cl2NO3S. The van der Waals surface area contributed by atoms with Crippen molar-refractivity contribution in [3.63, 3.8) is 0 Å². The Bertz CT molecular complexity index is 634. The van der Waals surface area contributed by atoms with Crippen molar-refractivity contribution in [2.24, 2.45) is 0 Å². The van der Waals surface area contributed by atoms with Crippen LogP contribution in [0, 0.1) is 0 Å². The van der Waals surface area contributed by atoms with E-state index in [9.17, 15) is 8.42 Å². The topological polar surface area (TPSA) is 46.6 Å². The summed E-state index contributed by atoms with van der Waals surface area (Å²) in [4.78, 5) is 0.0583. The van der Waals surface area contributed by atoms with Gasteiger partial charge in [0.05, 0.1) is 16.7 Å². The zero-order valence-electron chi connectivity index (χ0n) is 12.8. The first kappa shape index (κ1) is 17.9. The Balaban J connectivity index is 2.42. The molecule has 0 bridgehead atoms. The number of hydrogen-bond donors (Lipinski definition) is 0. The lowest BCUT2D eigenvalue weighted by atomic mass is 10.0. The Morgan fingerprint density at radius 1 is 1.23 bits per heavy atom. The van der Waals surface area contributed by atoms with E-state index in [4.69, 9.17) is 27.9 Å². The SMILES string of the molecule is CCOc1cc(Cl)c(S(=O)(=O)N2CCCC[C@H]2CC)cc1Cl. The maximum absolute atomic E-state index is 12.9. The van der Waals surface area contributed by atoms with Crippen molar-refractivity contribution < 1.29 is 13.2 Å². The van der Waals surface area contributed by atoms with Gasteiger partial charge in [-0.3, -0.25) is 0 Å². The Labute approximate surface area is 142 Å². The van der Waals surface area contributed by atoms with Crippen LogP contribution in [0.5, 0.6) is 5.75 Å². The molecule has 0 aliphatic carbocycles. The molecule has 1 aliphatic rings. The van der Waals surface area contributed by atoms with Crippen LogP contribution >= 0.6 is 23.2 Å². The summed E-state index contributed by atoms with van der Waals surface area (Å²) in [5.41, 5.74) is 0. The highest BCUT2D eigenvalue weighted by Gasteiger charge is 2.34. The van der Waals surface area contributed by atoms with Crippen molar-refractivity contribution in [3.8, 4) is 5.75 Å². The van der Waals surface area contributed by atoms with E-state index in [-0.39, 0.29) is 21.0 Å². The number of rotatable bonds is 5. The summed E-state index contributed by atoms with van der Waals surface area (Å²) in [7, 11) is -3.65. The quantitative estimate of drug-likeness (QED) is 0.779. The van der Waals surface area contributed by atoms with Crippen molar-refractivity contribution >= 4 is 33.2 Å². The summed E-state index contributed by atoms with van der Waals surface area (Å²) in [5, 5.41) is 0.406. The molecule has 22 heavy (non-hydrogen) atoms. The number of nitrogens with zero attached hydrogens (tertiary/aromatic N) is 1. The molecule has 2 rings (SSSR count). The maximum atomic E-state index is 12.9. The predicted octanol–water partition coefficient (Wildman–Crippen LogP) is 4.35. The van der Waals surface area contributed by atoms with E-state index < -0.39 is 10.0 Å². The number of halogens is 2. The maximum Gasteiger partial charge on any atom is 0.244 e. The summed E-state index contributed by atoms with van der Waals surface area (Å²) in [6.07, 6.45) is 3.61. The molecular weight excluding hydrogens is 345 g/mol. The van der Waals surface area contributed by atoms with Crippen LogP contribution < -0.4 is 4.74 Å². The molecule has 0 aromatic heterocycles. The Morgan fingerprint density at radius 3 is 2.59 bits per heavy atom. The van der Waals surface area contributed by atoms with Crippen LogP contribution in [0.3, 0.4) is 0 Å². The summed E-state index contributed by atoms with van der Waals surface area (Å²) in [5.74, 6) is 0.402. The van der Waals surface area contributed by atoms with Crippen molar-refractivity contribution in [1.29, 1.82) is 0 Å². The molecule has 124 valence electrons. The first-order valence-electron chi connectivity index (χ1n) is 7.55. The van der Waals surface area contributed by atoms with Gasteiger partial charge in [0.2, 0.25) is 10.0 Å². The second-order valence-electron chi connectivity index (χ2n) is 5.32. The molecule has 0 amide bonds. The standard InChI is InChI=1S/C15H21Cl2NO3S/c1-3-11-7-5-6-8-18(11)22(19,20)15-10-12(16)14(21-4-2)9-13(15)17/h9-11H,3-8H2,1-2H3/t11-/m1/s1. The van der Waals surface area contributed by atoms with E-state index in [1.165, 1.54) is 12.1 Å². The van der Waals surface area contributed by atoms with Gasteiger partial charge in [0.1, 0.15) is 10.6 Å². The number of ether oxygens (including phenoxy) is 1. The molecule has 1 atom stereocenters. The molecule has 1 saturated heterocycles. The molecule has 1 aliphatic heterocycles. The second-order valence-corrected chi connectivity index (χ2v) is 7.99. The van der Waals surface area contributed by atoms with E-state index in [2.05, 4.69) is 0 Å². The van der Waals surface area contributed by atoms with E-state index >= 15 is 0 Å². The molecule has 0 spiro atoms. The summed E-state index contributed by atoms with van der Waals surface area (Å²) >= 11 is 12.3. The number of benzene rings is 1. The molecule has 0 radical (unpaired) electrons. The molecule has 1 aromatic carbocycles. The lowest BCUT2D eigenvalue weighted by Crippen LogP contribution is -2.43. The van der Waals surface area contributed by atoms with Gasteiger partial charge in [0, 0.05) is 18.7 Å². The van der Waals surface area contributed by atoms with Crippen LogP contribution in [0.2, 0.25) is 10.0 Å². The van der Waals surface area contributed by atoms with Gasteiger partial charge in [-0.25, -0.2) is 8.42 Å². The first-order valence-corrected chi connectivity index (χ1v) is 9.75. The molecule has 1 heterocycles. The van der Waals surface area contributed by atoms with Gasteiger partial charge in [-0.1, -0.05) is 36.5 Å². The van der Waals surface area contributed by atoms with Gasteiger partial charge in [-0.15, -0.1) is 0 Å². The van der Waals surface area contributed by atoms with Crippen molar-refractivity contribution in [1.82, 2.24) is 4.31 Å². The number of sulfonamides is 1. The monoisotopic (exact) mass is 365 g/mol. The number of piperidine rings is 1. The van der Waals surface area contributed by atoms with Gasteiger partial charge >= 0.3 is 0 Å². The number of hydrogen-bond acceptors (Lipinski definition) is 3. The highest BCUT2D eigenvalue weighted by Crippen LogP contribution is 2.36. The summed E-state index contributed by atoms with van der Waals surface area (Å²) in [6, 6.07) is 2.90. The smallest absolute Gasteiger partial charge is 0.244 e. The largest absolute Gasteiger partial charge is 0.492 e. The Hall–Kier alpha value is -0.490. The second kappa shape index (κ2) is 7.39. The van der Waals surface area contributed by atoms with Crippen LogP contribution in [0.25, 0.3) is 0 Å². The fourth-order valence-corrected chi connectivity index (χ4v) is 5.37. The third kappa shape index (κ3) is 3.53. The zero-order chi connectivity index (χ0) is 16.3. The van der Waals surface area contributed by atoms with Crippen molar-refractivity contribution in [2.75, 3.05) is 13.2 Å². The summed E-state index contributed by atoms with van der Waals surface area (Å²) in [6.45, 7) is 4.80. The minimum absolute atomic E-state index is 0.0279. The molecule has 4 nitrogen and oxygen atoms in total. The minimum Gasteiger partial charge on any atom is -0.492 e. The average Bonchev–Trinajstić information content (AvgIpc) is 2.50. The van der Waals surface area contributed by atoms with Crippen LogP contribution in [0.1, 0.15) is 39.5 Å². The van der Waals surface area contributed by atoms with Crippen molar-refractivity contribution in [3.05, 3.63) is 22.2 Å². The van der Waals surface area contributed by atoms with Crippen molar-refractivity contribution in [2.45, 2.75) is 50.5 Å². The van der Waals surface area contributed by atoms with Gasteiger partial charge in [0.15, 0.2) is 0 Å². The van der Waals surface area contributed by atoms with Crippen LogP contribution in [-0.2, 0) is 10.0 Å². The lowest BCUT2D eigenvalue weighted by Gasteiger charge is -2.34. The molecule has 7 heteroatoms. The molecule has 1 fully saturated rings. The fraction of sp³-hybridized carbons (Fsp3) is 0.600. The van der Waals surface area contributed by atoms with Crippen LogP contribution in [0.15, 0.2) is 17.0 Å². The highest BCUT2D eigenvalue weighted by atomic mass is 35.5. The molecule has 0 saturated carbocycles. The van der Waals surface area contributed by atoms with Gasteiger partial charge in [-0.05, 0) is 32.3 Å². The molecule has 0 unspecified atom stereocenters. The van der Waals surface area contributed by atoms with Gasteiger partial charge in [0.25, 0.3) is 0 Å². The fourth-order valence-electron chi connectivity index (χ4n) is 2.80. The normalized spacial score (nSPS) is 20.1. The van der Waals surface area contributed by atoms with Gasteiger partial charge < -0.3 is 4.74 Å². The third-order valence-electron chi connectivity index (χ3n) is 3.92.